The van der Waals surface area contributed by atoms with Crippen LogP contribution < -0.4 is 0 Å². The molecule has 0 saturated carbocycles. The number of hydrogen-bond acceptors (Lipinski definition) is 4. The number of likely N-dealkylation sites (tertiary alicyclic amines) is 2. The molecule has 3 heterocycles. The zero-order chi connectivity index (χ0) is 19.7. The second kappa shape index (κ2) is 8.03. The Labute approximate surface area is 168 Å². The molecule has 1 aromatic rings. The van der Waals surface area contributed by atoms with Crippen LogP contribution >= 0.6 is 0 Å². The maximum Gasteiger partial charge on any atom is 0.257 e. The van der Waals surface area contributed by atoms with E-state index in [0.29, 0.717) is 11.7 Å². The molecule has 4 rings (SSSR count). The molecular weight excluding hydrogens is 352 g/mol. The van der Waals surface area contributed by atoms with Crippen molar-refractivity contribution in [2.45, 2.75) is 52.1 Å². The molecule has 3 aliphatic rings. The number of amides is 1. The Bertz CT molecular complexity index is 712. The van der Waals surface area contributed by atoms with Gasteiger partial charge in [-0.15, -0.1) is 0 Å². The molecule has 0 unspecified atom stereocenters. The molecule has 5 heteroatoms. The van der Waals surface area contributed by atoms with Crippen molar-refractivity contribution in [3.8, 4) is 5.75 Å². The van der Waals surface area contributed by atoms with Crippen molar-refractivity contribution in [2.75, 3.05) is 39.3 Å². The summed E-state index contributed by atoms with van der Waals surface area (Å²) in [5.74, 6) is 0.834. The summed E-state index contributed by atoms with van der Waals surface area (Å²) in [5, 5.41) is 10.1. The highest BCUT2D eigenvalue weighted by molar-refractivity contribution is 5.97. The SMILES string of the molecule is Cc1ccc(O)c(C(=O)N2CCC3(CC2)CO[C@H](CN2CCC[C@H](C)C2)C3)c1. The molecule has 154 valence electrons. The molecule has 1 amide bonds. The molecular formula is C23H34N2O3. The summed E-state index contributed by atoms with van der Waals surface area (Å²) in [6.45, 7) is 10.1. The van der Waals surface area contributed by atoms with E-state index in [2.05, 4.69) is 11.8 Å². The number of nitrogens with zero attached hydrogens (tertiary/aromatic N) is 2. The molecule has 1 spiro atoms. The Hall–Kier alpha value is -1.59. The van der Waals surface area contributed by atoms with Crippen LogP contribution in [0.3, 0.4) is 0 Å². The van der Waals surface area contributed by atoms with Crippen molar-refractivity contribution in [1.29, 1.82) is 0 Å². The van der Waals surface area contributed by atoms with Gasteiger partial charge in [0.15, 0.2) is 0 Å². The summed E-state index contributed by atoms with van der Waals surface area (Å²) >= 11 is 0. The average molecular weight is 387 g/mol. The molecule has 28 heavy (non-hydrogen) atoms. The van der Waals surface area contributed by atoms with Crippen LogP contribution in [-0.2, 0) is 4.74 Å². The number of hydrogen-bond donors (Lipinski definition) is 1. The molecule has 3 fully saturated rings. The van der Waals surface area contributed by atoms with E-state index in [-0.39, 0.29) is 17.1 Å². The molecule has 3 saturated heterocycles. The fourth-order valence-electron chi connectivity index (χ4n) is 5.28. The molecule has 0 bridgehead atoms. The van der Waals surface area contributed by atoms with Crippen molar-refractivity contribution < 1.29 is 14.6 Å². The number of benzene rings is 1. The van der Waals surface area contributed by atoms with E-state index < -0.39 is 0 Å². The van der Waals surface area contributed by atoms with Gasteiger partial charge in [0, 0.05) is 26.2 Å². The van der Waals surface area contributed by atoms with Crippen LogP contribution in [0.5, 0.6) is 5.75 Å². The fourth-order valence-corrected chi connectivity index (χ4v) is 5.28. The zero-order valence-corrected chi connectivity index (χ0v) is 17.3. The van der Waals surface area contributed by atoms with Gasteiger partial charge in [0.05, 0.1) is 18.3 Å². The normalized spacial score (nSPS) is 28.0. The van der Waals surface area contributed by atoms with E-state index in [0.717, 1.165) is 57.0 Å². The first-order chi connectivity index (χ1) is 13.4. The smallest absolute Gasteiger partial charge is 0.257 e. The Balaban J connectivity index is 1.31. The van der Waals surface area contributed by atoms with Crippen molar-refractivity contribution in [1.82, 2.24) is 9.80 Å². The second-order valence-electron chi connectivity index (χ2n) is 9.46. The van der Waals surface area contributed by atoms with Gasteiger partial charge >= 0.3 is 0 Å². The van der Waals surface area contributed by atoms with Crippen LogP contribution in [0.2, 0.25) is 0 Å². The van der Waals surface area contributed by atoms with Crippen LogP contribution in [-0.4, -0.2) is 66.2 Å². The maximum atomic E-state index is 12.9. The Morgan fingerprint density at radius 1 is 1.29 bits per heavy atom. The highest BCUT2D eigenvalue weighted by Crippen LogP contribution is 2.42. The Morgan fingerprint density at radius 3 is 2.82 bits per heavy atom. The molecule has 1 aromatic carbocycles. The third kappa shape index (κ3) is 4.20. The van der Waals surface area contributed by atoms with Crippen LogP contribution in [0.4, 0.5) is 0 Å². The number of phenols is 1. The van der Waals surface area contributed by atoms with Crippen molar-refractivity contribution >= 4 is 5.91 Å². The minimum absolute atomic E-state index is 0.0474. The minimum Gasteiger partial charge on any atom is -0.507 e. The first-order valence-corrected chi connectivity index (χ1v) is 10.9. The minimum atomic E-state index is -0.0474. The van der Waals surface area contributed by atoms with Gasteiger partial charge in [-0.1, -0.05) is 18.6 Å². The maximum absolute atomic E-state index is 12.9. The van der Waals surface area contributed by atoms with Gasteiger partial charge in [-0.25, -0.2) is 0 Å². The quantitative estimate of drug-likeness (QED) is 0.865. The summed E-state index contributed by atoms with van der Waals surface area (Å²) in [6, 6.07) is 5.23. The average Bonchev–Trinajstić information content (AvgIpc) is 3.06. The predicted octanol–water partition coefficient (Wildman–Crippen LogP) is 3.44. The number of carbonyl (C=O) groups excluding carboxylic acids is 1. The lowest BCUT2D eigenvalue weighted by Crippen LogP contribution is -2.44. The second-order valence-corrected chi connectivity index (χ2v) is 9.46. The molecule has 3 aliphatic heterocycles. The molecule has 5 nitrogen and oxygen atoms in total. The predicted molar refractivity (Wildman–Crippen MR) is 110 cm³/mol. The number of phenolic OH excluding ortho intramolecular Hbond substituents is 1. The van der Waals surface area contributed by atoms with Crippen LogP contribution in [0, 0.1) is 18.3 Å². The van der Waals surface area contributed by atoms with Gasteiger partial charge in [0.1, 0.15) is 5.75 Å². The zero-order valence-electron chi connectivity index (χ0n) is 17.3. The van der Waals surface area contributed by atoms with E-state index in [1.165, 1.54) is 25.9 Å². The highest BCUT2D eigenvalue weighted by atomic mass is 16.5. The molecule has 2 atom stereocenters. The van der Waals surface area contributed by atoms with E-state index in [1.54, 1.807) is 12.1 Å². The number of aromatic hydroxyl groups is 1. The number of ether oxygens (including phenoxy) is 1. The summed E-state index contributed by atoms with van der Waals surface area (Å²) < 4.78 is 6.21. The van der Waals surface area contributed by atoms with Gasteiger partial charge in [-0.3, -0.25) is 4.79 Å². The Morgan fingerprint density at radius 2 is 2.07 bits per heavy atom. The Kier molecular flexibility index (Phi) is 5.66. The molecule has 0 aromatic heterocycles. The van der Waals surface area contributed by atoms with E-state index in [1.807, 2.05) is 17.9 Å². The molecule has 0 aliphatic carbocycles. The van der Waals surface area contributed by atoms with Gasteiger partial charge in [-0.05, 0) is 69.0 Å². The number of rotatable bonds is 3. The fraction of sp³-hybridized carbons (Fsp3) is 0.696. The van der Waals surface area contributed by atoms with E-state index >= 15 is 0 Å². The number of aryl methyl sites for hydroxylation is 1. The lowest BCUT2D eigenvalue weighted by molar-refractivity contribution is 0.0401. The first-order valence-electron chi connectivity index (χ1n) is 10.9. The summed E-state index contributed by atoms with van der Waals surface area (Å²) in [5.41, 5.74) is 1.65. The first kappa shape index (κ1) is 19.7. The molecule has 0 radical (unpaired) electrons. The number of carbonyl (C=O) groups is 1. The summed E-state index contributed by atoms with van der Waals surface area (Å²) in [4.78, 5) is 17.3. The van der Waals surface area contributed by atoms with Crippen molar-refractivity contribution in [2.24, 2.45) is 11.3 Å². The third-order valence-corrected chi connectivity index (χ3v) is 6.98. The van der Waals surface area contributed by atoms with Gasteiger partial charge in [0.2, 0.25) is 0 Å². The highest BCUT2D eigenvalue weighted by Gasteiger charge is 2.43. The van der Waals surface area contributed by atoms with Crippen molar-refractivity contribution in [3.63, 3.8) is 0 Å². The van der Waals surface area contributed by atoms with E-state index in [4.69, 9.17) is 4.74 Å². The lowest BCUT2D eigenvalue weighted by atomic mass is 9.76. The van der Waals surface area contributed by atoms with Crippen LogP contribution in [0.1, 0.15) is 54.9 Å². The van der Waals surface area contributed by atoms with Gasteiger partial charge < -0.3 is 19.6 Å². The van der Waals surface area contributed by atoms with Gasteiger partial charge in [0.25, 0.3) is 5.91 Å². The standard InChI is InChI=1S/C23H34N2O3/c1-17-5-6-21(26)20(12-17)22(27)25-10-7-23(8-11-25)13-19(28-16-23)15-24-9-3-4-18(2)14-24/h5-6,12,18-19,26H,3-4,7-11,13-16H2,1-2H3/t18-,19-/m0/s1. The molecule has 1 N–H and O–H groups in total. The lowest BCUT2D eigenvalue weighted by Gasteiger charge is -2.39. The van der Waals surface area contributed by atoms with Gasteiger partial charge in [-0.2, -0.15) is 0 Å². The van der Waals surface area contributed by atoms with Crippen molar-refractivity contribution in [3.05, 3.63) is 29.3 Å². The third-order valence-electron chi connectivity index (χ3n) is 6.98. The topological polar surface area (TPSA) is 53.0 Å². The van der Waals surface area contributed by atoms with Crippen LogP contribution in [0.25, 0.3) is 0 Å². The van der Waals surface area contributed by atoms with Crippen LogP contribution in [0.15, 0.2) is 18.2 Å². The largest absolute Gasteiger partial charge is 0.507 e. The number of piperidine rings is 2. The monoisotopic (exact) mass is 386 g/mol. The summed E-state index contributed by atoms with van der Waals surface area (Å²) in [6.07, 6.45) is 6.12. The summed E-state index contributed by atoms with van der Waals surface area (Å²) in [7, 11) is 0. The van der Waals surface area contributed by atoms with E-state index in [9.17, 15) is 9.90 Å².